The van der Waals surface area contributed by atoms with Gasteiger partial charge in [0.1, 0.15) is 0 Å². The predicted octanol–water partition coefficient (Wildman–Crippen LogP) is 4.36. The second kappa shape index (κ2) is 10.4. The minimum Gasteiger partial charge on any atom is -0.490 e. The predicted molar refractivity (Wildman–Crippen MR) is 116 cm³/mol. The number of halogens is 3. The van der Waals surface area contributed by atoms with E-state index in [-0.39, 0.29) is 11.7 Å². The largest absolute Gasteiger partial charge is 0.490 e. The molecule has 10 heteroatoms. The van der Waals surface area contributed by atoms with E-state index in [1.165, 1.54) is 16.9 Å². The molecule has 1 aromatic carbocycles. The Morgan fingerprint density at radius 1 is 1.06 bits per heavy atom. The Morgan fingerprint density at radius 2 is 1.79 bits per heavy atom. The average molecular weight is 462 g/mol. The number of hydrogen-bond acceptors (Lipinski definition) is 5. The Hall–Kier alpha value is -3.56. The molecule has 0 spiro atoms. The van der Waals surface area contributed by atoms with E-state index >= 15 is 0 Å². The van der Waals surface area contributed by atoms with Gasteiger partial charge in [0.2, 0.25) is 0 Å². The first kappa shape index (κ1) is 24.1. The van der Waals surface area contributed by atoms with E-state index < -0.39 is 11.7 Å². The van der Waals surface area contributed by atoms with Gasteiger partial charge in [-0.25, -0.2) is 9.67 Å². The number of aromatic nitrogens is 3. The van der Waals surface area contributed by atoms with E-state index in [0.717, 1.165) is 17.8 Å². The van der Waals surface area contributed by atoms with Gasteiger partial charge in [-0.3, -0.25) is 4.79 Å². The summed E-state index contributed by atoms with van der Waals surface area (Å²) in [5.74, 6) is 1.19. The number of alkyl halides is 3. The van der Waals surface area contributed by atoms with E-state index in [1.807, 2.05) is 32.0 Å². The highest BCUT2D eigenvalue weighted by Crippen LogP contribution is 2.29. The van der Waals surface area contributed by atoms with Crippen molar-refractivity contribution in [1.82, 2.24) is 20.1 Å². The highest BCUT2D eigenvalue weighted by atomic mass is 19.4. The molecule has 0 radical (unpaired) electrons. The van der Waals surface area contributed by atoms with Crippen molar-refractivity contribution >= 4 is 5.91 Å². The Kier molecular flexibility index (Phi) is 7.57. The van der Waals surface area contributed by atoms with Crippen LogP contribution in [-0.4, -0.2) is 40.4 Å². The highest BCUT2D eigenvalue weighted by molar-refractivity contribution is 5.95. The number of rotatable bonds is 9. The van der Waals surface area contributed by atoms with Crippen molar-refractivity contribution in [2.45, 2.75) is 33.4 Å². The molecule has 1 amide bonds. The zero-order chi connectivity index (χ0) is 24.0. The van der Waals surface area contributed by atoms with Crippen molar-refractivity contribution in [3.8, 4) is 17.3 Å². The van der Waals surface area contributed by atoms with Gasteiger partial charge in [0.15, 0.2) is 17.3 Å². The number of benzene rings is 1. The van der Waals surface area contributed by atoms with Crippen LogP contribution in [0, 0.1) is 6.92 Å². The molecule has 176 valence electrons. The van der Waals surface area contributed by atoms with E-state index in [1.54, 1.807) is 6.92 Å². The maximum absolute atomic E-state index is 12.7. The molecule has 0 unspecified atom stereocenters. The van der Waals surface area contributed by atoms with Gasteiger partial charge in [-0.2, -0.15) is 18.3 Å². The number of nitrogens with zero attached hydrogens (tertiary/aromatic N) is 3. The fourth-order valence-electron chi connectivity index (χ4n) is 3.21. The van der Waals surface area contributed by atoms with Crippen molar-refractivity contribution in [3.63, 3.8) is 0 Å². The number of carbonyl (C=O) groups is 1. The number of nitrogens with one attached hydrogen (secondary N) is 1. The number of pyridine rings is 1. The fourth-order valence-corrected chi connectivity index (χ4v) is 3.21. The first-order valence-corrected chi connectivity index (χ1v) is 10.5. The molecule has 0 atom stereocenters. The first-order valence-electron chi connectivity index (χ1n) is 10.5. The van der Waals surface area contributed by atoms with Gasteiger partial charge < -0.3 is 14.8 Å². The minimum absolute atomic E-state index is 0.192. The van der Waals surface area contributed by atoms with Gasteiger partial charge in [0.05, 0.1) is 36.2 Å². The summed E-state index contributed by atoms with van der Waals surface area (Å²) in [5.41, 5.74) is 0.914. The number of ether oxygens (including phenoxy) is 2. The van der Waals surface area contributed by atoms with Gasteiger partial charge >= 0.3 is 6.18 Å². The molecule has 0 saturated heterocycles. The molecule has 33 heavy (non-hydrogen) atoms. The second-order valence-corrected chi connectivity index (χ2v) is 7.11. The SMILES string of the molecule is CCOc1ccc(CCNC(=O)c2cnn(-c3ccc(C(F)(F)F)cn3)c2C)cc1OCC. The molecule has 2 aromatic heterocycles. The van der Waals surface area contributed by atoms with Crippen LogP contribution in [0.4, 0.5) is 13.2 Å². The lowest BCUT2D eigenvalue weighted by atomic mass is 10.1. The lowest BCUT2D eigenvalue weighted by Gasteiger charge is -2.12. The van der Waals surface area contributed by atoms with Crippen molar-refractivity contribution in [2.75, 3.05) is 19.8 Å². The summed E-state index contributed by atoms with van der Waals surface area (Å²) in [6.45, 7) is 6.87. The minimum atomic E-state index is -4.47. The molecule has 7 nitrogen and oxygen atoms in total. The van der Waals surface area contributed by atoms with Gasteiger partial charge in [-0.15, -0.1) is 0 Å². The van der Waals surface area contributed by atoms with Gasteiger partial charge in [0, 0.05) is 12.7 Å². The lowest BCUT2D eigenvalue weighted by molar-refractivity contribution is -0.137. The molecule has 0 aliphatic carbocycles. The van der Waals surface area contributed by atoms with Gasteiger partial charge in [-0.05, 0) is 57.0 Å². The molecule has 3 aromatic rings. The summed E-state index contributed by atoms with van der Waals surface area (Å²) in [6.07, 6.45) is -1.79. The first-order chi connectivity index (χ1) is 15.7. The molecule has 3 rings (SSSR count). The average Bonchev–Trinajstić information content (AvgIpc) is 3.16. The van der Waals surface area contributed by atoms with Crippen LogP contribution >= 0.6 is 0 Å². The lowest BCUT2D eigenvalue weighted by Crippen LogP contribution is -2.26. The van der Waals surface area contributed by atoms with E-state index in [2.05, 4.69) is 15.4 Å². The second-order valence-electron chi connectivity index (χ2n) is 7.11. The van der Waals surface area contributed by atoms with Crippen LogP contribution in [-0.2, 0) is 12.6 Å². The van der Waals surface area contributed by atoms with Crippen molar-refractivity contribution in [2.24, 2.45) is 0 Å². The molecular weight excluding hydrogens is 437 g/mol. The third kappa shape index (κ3) is 5.82. The monoisotopic (exact) mass is 462 g/mol. The van der Waals surface area contributed by atoms with E-state index in [4.69, 9.17) is 9.47 Å². The standard InChI is InChI=1S/C23H25F3N4O3/c1-4-32-19-8-6-16(12-20(19)33-5-2)10-11-27-22(31)18-14-29-30(15(18)3)21-9-7-17(13-28-21)23(24,25)26/h6-9,12-14H,4-5,10-11H2,1-3H3,(H,27,31). The highest BCUT2D eigenvalue weighted by Gasteiger charge is 2.30. The third-order valence-electron chi connectivity index (χ3n) is 4.85. The maximum Gasteiger partial charge on any atom is 0.417 e. The summed E-state index contributed by atoms with van der Waals surface area (Å²) < 4.78 is 50.7. The van der Waals surface area contributed by atoms with Crippen LogP contribution in [0.1, 0.15) is 41.0 Å². The summed E-state index contributed by atoms with van der Waals surface area (Å²) in [6, 6.07) is 7.79. The topological polar surface area (TPSA) is 78.3 Å². The third-order valence-corrected chi connectivity index (χ3v) is 4.85. The molecule has 0 fully saturated rings. The van der Waals surface area contributed by atoms with Crippen LogP contribution in [0.25, 0.3) is 5.82 Å². The van der Waals surface area contributed by atoms with Crippen LogP contribution in [0.15, 0.2) is 42.7 Å². The molecule has 0 bridgehead atoms. The fraction of sp³-hybridized carbons (Fsp3) is 0.348. The van der Waals surface area contributed by atoms with E-state index in [9.17, 15) is 18.0 Å². The molecule has 0 saturated carbocycles. The summed E-state index contributed by atoms with van der Waals surface area (Å²) in [7, 11) is 0. The van der Waals surface area contributed by atoms with Crippen LogP contribution < -0.4 is 14.8 Å². The quantitative estimate of drug-likeness (QED) is 0.511. The van der Waals surface area contributed by atoms with Gasteiger partial charge in [-0.1, -0.05) is 6.07 Å². The van der Waals surface area contributed by atoms with Crippen molar-refractivity contribution in [1.29, 1.82) is 0 Å². The van der Waals surface area contributed by atoms with Gasteiger partial charge in [0.25, 0.3) is 5.91 Å². The van der Waals surface area contributed by atoms with Crippen molar-refractivity contribution in [3.05, 3.63) is 65.1 Å². The number of amides is 1. The number of carbonyl (C=O) groups excluding carboxylic acids is 1. The summed E-state index contributed by atoms with van der Waals surface area (Å²) in [4.78, 5) is 16.4. The van der Waals surface area contributed by atoms with Crippen LogP contribution in [0.3, 0.4) is 0 Å². The Morgan fingerprint density at radius 3 is 2.42 bits per heavy atom. The normalized spacial score (nSPS) is 11.3. The maximum atomic E-state index is 12.7. The Labute approximate surface area is 189 Å². The van der Waals surface area contributed by atoms with Crippen LogP contribution in [0.5, 0.6) is 11.5 Å². The zero-order valence-corrected chi connectivity index (χ0v) is 18.6. The van der Waals surface area contributed by atoms with Crippen molar-refractivity contribution < 1.29 is 27.4 Å². The number of hydrogen-bond donors (Lipinski definition) is 1. The molecule has 1 N–H and O–H groups in total. The van der Waals surface area contributed by atoms with Crippen LogP contribution in [0.2, 0.25) is 0 Å². The summed E-state index contributed by atoms with van der Waals surface area (Å²) in [5, 5.41) is 6.95. The molecular formula is C23H25F3N4O3. The Bertz CT molecular complexity index is 1100. The molecule has 0 aliphatic rings. The Balaban J connectivity index is 1.64. The summed E-state index contributed by atoms with van der Waals surface area (Å²) >= 11 is 0. The smallest absolute Gasteiger partial charge is 0.417 e. The molecule has 2 heterocycles. The molecule has 0 aliphatic heterocycles. The van der Waals surface area contributed by atoms with E-state index in [0.29, 0.717) is 48.9 Å². The zero-order valence-electron chi connectivity index (χ0n) is 18.6.